The Balaban J connectivity index is 1.54. The van der Waals surface area contributed by atoms with Crippen LogP contribution in [0.25, 0.3) is 0 Å². The largest absolute Gasteiger partial charge is 0.492 e. The fourth-order valence-electron chi connectivity index (χ4n) is 4.98. The van der Waals surface area contributed by atoms with Crippen molar-refractivity contribution in [2.24, 2.45) is 5.92 Å². The highest BCUT2D eigenvalue weighted by atomic mass is 19.4. The molecule has 2 aliphatic rings. The summed E-state index contributed by atoms with van der Waals surface area (Å²) in [5.74, 6) is 0.275. The molecule has 2 atom stereocenters. The van der Waals surface area contributed by atoms with Crippen molar-refractivity contribution in [2.75, 3.05) is 46.6 Å². The lowest BCUT2D eigenvalue weighted by atomic mass is 9.84. The minimum Gasteiger partial charge on any atom is -0.492 e. The predicted molar refractivity (Wildman–Crippen MR) is 123 cm³/mol. The van der Waals surface area contributed by atoms with Crippen LogP contribution in [0.2, 0.25) is 0 Å². The molecule has 190 valence electrons. The van der Waals surface area contributed by atoms with Gasteiger partial charge >= 0.3 is 12.1 Å². The maximum atomic E-state index is 13.5. The molecule has 0 bridgehead atoms. The van der Waals surface area contributed by atoms with Gasteiger partial charge in [-0.15, -0.1) is 0 Å². The number of benzene rings is 2. The molecule has 0 spiro atoms. The van der Waals surface area contributed by atoms with E-state index in [0.29, 0.717) is 36.4 Å². The number of fused-ring (bicyclic) bond motifs is 1. The average Bonchev–Trinajstić information content (AvgIpc) is 2.80. The quantitative estimate of drug-likeness (QED) is 0.395. The number of hydrogen-bond donors (Lipinski definition) is 0. The van der Waals surface area contributed by atoms with Gasteiger partial charge in [0.25, 0.3) is 0 Å². The van der Waals surface area contributed by atoms with Gasteiger partial charge in [0.2, 0.25) is 0 Å². The van der Waals surface area contributed by atoms with E-state index in [1.165, 1.54) is 12.0 Å². The van der Waals surface area contributed by atoms with Gasteiger partial charge in [-0.05, 0) is 54.3 Å². The van der Waals surface area contributed by atoms with Gasteiger partial charge in [0, 0.05) is 31.6 Å². The van der Waals surface area contributed by atoms with Crippen molar-refractivity contribution in [3.05, 3.63) is 64.7 Å². The molecule has 5 nitrogen and oxygen atoms in total. The number of esters is 1. The maximum absolute atomic E-state index is 13.5. The van der Waals surface area contributed by atoms with Gasteiger partial charge in [0.05, 0.1) is 31.9 Å². The van der Waals surface area contributed by atoms with Crippen molar-refractivity contribution >= 4 is 5.97 Å². The molecular weight excluding hydrogens is 464 g/mol. The normalized spacial score (nSPS) is 21.3. The third-order valence-corrected chi connectivity index (χ3v) is 6.76. The molecule has 1 fully saturated rings. The number of methoxy groups -OCH3 is 1. The Labute approximate surface area is 202 Å². The average molecular weight is 495 g/mol. The Morgan fingerprint density at radius 1 is 1.11 bits per heavy atom. The zero-order chi connectivity index (χ0) is 25.2. The number of ether oxygens (including phenoxy) is 2. The number of likely N-dealkylation sites (tertiary alicyclic amines) is 1. The third kappa shape index (κ3) is 5.95. The first kappa shape index (κ1) is 25.4. The maximum Gasteiger partial charge on any atom is 0.401 e. The van der Waals surface area contributed by atoms with Crippen LogP contribution >= 0.6 is 0 Å². The second-order valence-corrected chi connectivity index (χ2v) is 9.35. The minimum atomic E-state index is -4.35. The fraction of sp³-hybridized carbons (Fsp3) is 0.500. The van der Waals surface area contributed by atoms with Gasteiger partial charge in [-0.25, -0.2) is 4.79 Å². The lowest BCUT2D eigenvalue weighted by Gasteiger charge is -2.42. The highest BCUT2D eigenvalue weighted by Crippen LogP contribution is 2.40. The summed E-state index contributed by atoms with van der Waals surface area (Å²) < 4.78 is 63.6. The van der Waals surface area contributed by atoms with E-state index in [9.17, 15) is 22.4 Å². The summed E-state index contributed by atoms with van der Waals surface area (Å²) in [7, 11) is 1.30. The highest BCUT2D eigenvalue weighted by Gasteiger charge is 2.40. The number of halogens is 4. The number of nitrogens with zero attached hydrogens (tertiary/aromatic N) is 2. The lowest BCUT2D eigenvalue weighted by molar-refractivity contribution is -0.155. The second kappa shape index (κ2) is 10.5. The van der Waals surface area contributed by atoms with Crippen LogP contribution < -0.4 is 4.74 Å². The molecular formula is C26H30F4N2O3. The molecule has 4 rings (SSSR count). The summed E-state index contributed by atoms with van der Waals surface area (Å²) in [5, 5.41) is 0. The van der Waals surface area contributed by atoms with E-state index in [1.54, 1.807) is 49.4 Å². The summed E-state index contributed by atoms with van der Waals surface area (Å²) >= 11 is 0. The zero-order valence-corrected chi connectivity index (χ0v) is 19.9. The Morgan fingerprint density at radius 3 is 2.46 bits per heavy atom. The van der Waals surface area contributed by atoms with E-state index in [4.69, 9.17) is 9.47 Å². The van der Waals surface area contributed by atoms with Crippen LogP contribution in [0.1, 0.15) is 40.0 Å². The Hall–Kier alpha value is -2.65. The van der Waals surface area contributed by atoms with E-state index in [-0.39, 0.29) is 18.6 Å². The number of alkyl halides is 4. The Bertz CT molecular complexity index is 1020. The summed E-state index contributed by atoms with van der Waals surface area (Å²) in [4.78, 5) is 15.6. The molecule has 2 aromatic rings. The van der Waals surface area contributed by atoms with Crippen LogP contribution in [-0.2, 0) is 11.2 Å². The number of rotatable bonds is 8. The molecule has 1 saturated heterocycles. The first-order chi connectivity index (χ1) is 16.7. The molecule has 0 amide bonds. The molecule has 0 aliphatic carbocycles. The van der Waals surface area contributed by atoms with Gasteiger partial charge < -0.3 is 9.47 Å². The van der Waals surface area contributed by atoms with E-state index in [1.807, 2.05) is 0 Å². The third-order valence-electron chi connectivity index (χ3n) is 6.76. The number of carbonyl (C=O) groups excluding carboxylic acids is 1. The van der Waals surface area contributed by atoms with Crippen LogP contribution in [0.5, 0.6) is 5.75 Å². The van der Waals surface area contributed by atoms with E-state index in [2.05, 4.69) is 4.90 Å². The standard InChI is InChI=1S/C26H30F4N2O3/c1-17-11-21-12-20(25(33)34-2)5-8-23(21)24(32(17)16-26(28,29)30)19-3-6-22(7-4-19)35-10-9-31-14-18(13-27)15-31/h3-8,12,17-18,24H,9-11,13-16H2,1-2H3. The van der Waals surface area contributed by atoms with E-state index >= 15 is 0 Å². The van der Waals surface area contributed by atoms with Gasteiger partial charge in [-0.3, -0.25) is 14.2 Å². The Morgan fingerprint density at radius 2 is 1.83 bits per heavy atom. The Kier molecular flexibility index (Phi) is 7.66. The molecule has 0 saturated carbocycles. The predicted octanol–water partition coefficient (Wildman–Crippen LogP) is 4.65. The molecule has 2 unspecified atom stereocenters. The van der Waals surface area contributed by atoms with Crippen LogP contribution in [0.4, 0.5) is 17.6 Å². The molecule has 2 heterocycles. The SMILES string of the molecule is COC(=O)c1ccc2c(c1)CC(C)N(CC(F)(F)F)C2c1ccc(OCCN2CC(CF)C2)cc1. The fourth-order valence-corrected chi connectivity index (χ4v) is 4.98. The molecule has 0 radical (unpaired) electrons. The van der Waals surface area contributed by atoms with Gasteiger partial charge in [-0.2, -0.15) is 13.2 Å². The van der Waals surface area contributed by atoms with Gasteiger partial charge in [0.15, 0.2) is 0 Å². The van der Waals surface area contributed by atoms with Gasteiger partial charge in [0.1, 0.15) is 12.4 Å². The van der Waals surface area contributed by atoms with Crippen molar-refractivity contribution in [3.8, 4) is 5.75 Å². The zero-order valence-electron chi connectivity index (χ0n) is 19.9. The molecule has 9 heteroatoms. The van der Waals surface area contributed by atoms with E-state index < -0.39 is 24.7 Å². The number of hydrogen-bond acceptors (Lipinski definition) is 5. The lowest BCUT2D eigenvalue weighted by Crippen LogP contribution is -2.49. The van der Waals surface area contributed by atoms with Crippen LogP contribution in [0.15, 0.2) is 42.5 Å². The van der Waals surface area contributed by atoms with Crippen molar-refractivity contribution < 1.29 is 31.8 Å². The highest BCUT2D eigenvalue weighted by molar-refractivity contribution is 5.89. The van der Waals surface area contributed by atoms with Crippen molar-refractivity contribution in [1.29, 1.82) is 0 Å². The molecule has 0 N–H and O–H groups in total. The number of carbonyl (C=O) groups is 1. The smallest absolute Gasteiger partial charge is 0.401 e. The van der Waals surface area contributed by atoms with Crippen molar-refractivity contribution in [2.45, 2.75) is 31.6 Å². The summed E-state index contributed by atoms with van der Waals surface area (Å²) in [5.41, 5.74) is 2.68. The van der Waals surface area contributed by atoms with Crippen LogP contribution in [0, 0.1) is 5.92 Å². The first-order valence-electron chi connectivity index (χ1n) is 11.7. The molecule has 2 aliphatic heterocycles. The van der Waals surface area contributed by atoms with Gasteiger partial charge in [-0.1, -0.05) is 18.2 Å². The van der Waals surface area contributed by atoms with Crippen molar-refractivity contribution in [1.82, 2.24) is 9.80 Å². The van der Waals surface area contributed by atoms with E-state index in [0.717, 1.165) is 24.2 Å². The summed E-state index contributed by atoms with van der Waals surface area (Å²) in [6, 6.07) is 11.2. The minimum absolute atomic E-state index is 0.124. The van der Waals surface area contributed by atoms with Crippen molar-refractivity contribution in [3.63, 3.8) is 0 Å². The topological polar surface area (TPSA) is 42.0 Å². The summed E-state index contributed by atoms with van der Waals surface area (Å²) in [6.45, 7) is 3.08. The molecule has 2 aromatic carbocycles. The van der Waals surface area contributed by atoms with Crippen LogP contribution in [-0.4, -0.2) is 74.6 Å². The second-order valence-electron chi connectivity index (χ2n) is 9.35. The monoisotopic (exact) mass is 494 g/mol. The van der Waals surface area contributed by atoms with Crippen LogP contribution in [0.3, 0.4) is 0 Å². The summed E-state index contributed by atoms with van der Waals surface area (Å²) in [6.07, 6.45) is -3.95. The first-order valence-corrected chi connectivity index (χ1v) is 11.7. The molecule has 35 heavy (non-hydrogen) atoms. The molecule has 0 aromatic heterocycles.